The summed E-state index contributed by atoms with van der Waals surface area (Å²) < 4.78 is 0. The summed E-state index contributed by atoms with van der Waals surface area (Å²) >= 11 is 6.52. The maximum atomic E-state index is 12.1. The van der Waals surface area contributed by atoms with Gasteiger partial charge in [0.1, 0.15) is 5.25 Å². The number of carbonyl (C=O) groups is 2. The van der Waals surface area contributed by atoms with Gasteiger partial charge in [0.25, 0.3) is 0 Å². The van der Waals surface area contributed by atoms with Gasteiger partial charge in [-0.3, -0.25) is 14.5 Å². The highest BCUT2D eigenvalue weighted by Crippen LogP contribution is 2.27. The van der Waals surface area contributed by atoms with Crippen molar-refractivity contribution in [1.82, 2.24) is 4.90 Å². The van der Waals surface area contributed by atoms with E-state index in [0.29, 0.717) is 19.4 Å². The molecular weight excluding hydrogens is 272 g/mol. The quantitative estimate of drug-likeness (QED) is 0.611. The highest BCUT2D eigenvalue weighted by molar-refractivity contribution is 8.04. The molecule has 1 atom stereocenters. The molecule has 0 saturated carbocycles. The van der Waals surface area contributed by atoms with E-state index in [1.165, 1.54) is 16.7 Å². The molecule has 0 aliphatic carbocycles. The SMILES string of the molecule is O=C(O)CCCCN1C(=O)C2SC=CC2=NC1=S. The highest BCUT2D eigenvalue weighted by Gasteiger charge is 2.36. The number of hydrogen-bond donors (Lipinski definition) is 1. The Morgan fingerprint density at radius 1 is 1.56 bits per heavy atom. The molecule has 0 saturated heterocycles. The standard InChI is InChI=1S/C11H12N2O3S2/c14-8(15)3-1-2-5-13-10(16)9-7(4-6-18-9)12-11(13)17/h4,6,9H,1-3,5H2,(H,14,15). The molecule has 96 valence electrons. The zero-order valence-electron chi connectivity index (χ0n) is 9.54. The van der Waals surface area contributed by atoms with Crippen LogP contribution in [-0.4, -0.2) is 44.5 Å². The van der Waals surface area contributed by atoms with Gasteiger partial charge in [-0.15, -0.1) is 11.8 Å². The van der Waals surface area contributed by atoms with Crippen LogP contribution in [0.2, 0.25) is 0 Å². The van der Waals surface area contributed by atoms with Crippen molar-refractivity contribution in [2.45, 2.75) is 24.5 Å². The summed E-state index contributed by atoms with van der Waals surface area (Å²) in [7, 11) is 0. The van der Waals surface area contributed by atoms with Crippen LogP contribution in [0.3, 0.4) is 0 Å². The van der Waals surface area contributed by atoms with Crippen LogP contribution in [0.5, 0.6) is 0 Å². The minimum atomic E-state index is -0.821. The topological polar surface area (TPSA) is 70.0 Å². The number of aliphatic carboxylic acids is 1. The minimum Gasteiger partial charge on any atom is -0.481 e. The van der Waals surface area contributed by atoms with Crippen molar-refractivity contribution < 1.29 is 14.7 Å². The zero-order valence-corrected chi connectivity index (χ0v) is 11.2. The van der Waals surface area contributed by atoms with Crippen LogP contribution in [0.4, 0.5) is 0 Å². The van der Waals surface area contributed by atoms with Crippen LogP contribution in [0.25, 0.3) is 0 Å². The molecule has 0 spiro atoms. The number of fused-ring (bicyclic) bond motifs is 1. The molecule has 0 aromatic carbocycles. The molecule has 0 radical (unpaired) electrons. The molecule has 7 heteroatoms. The van der Waals surface area contributed by atoms with Gasteiger partial charge in [-0.05, 0) is 36.5 Å². The Bertz CT molecular complexity index is 459. The fourth-order valence-electron chi connectivity index (χ4n) is 1.78. The van der Waals surface area contributed by atoms with E-state index in [-0.39, 0.29) is 22.7 Å². The molecule has 5 nitrogen and oxygen atoms in total. The van der Waals surface area contributed by atoms with Crippen LogP contribution in [0.15, 0.2) is 16.5 Å². The van der Waals surface area contributed by atoms with Gasteiger partial charge < -0.3 is 5.11 Å². The molecule has 2 aliphatic rings. The average Bonchev–Trinajstić information content (AvgIpc) is 2.75. The summed E-state index contributed by atoms with van der Waals surface area (Å²) in [4.78, 5) is 28.2. The molecule has 18 heavy (non-hydrogen) atoms. The minimum absolute atomic E-state index is 0.0460. The molecular formula is C11H12N2O3S2. The number of carboxylic acid groups (broad SMARTS) is 1. The van der Waals surface area contributed by atoms with Crippen LogP contribution >= 0.6 is 24.0 Å². The Kier molecular flexibility index (Phi) is 4.13. The van der Waals surface area contributed by atoms with E-state index in [9.17, 15) is 9.59 Å². The fourth-order valence-corrected chi connectivity index (χ4v) is 2.96. The van der Waals surface area contributed by atoms with E-state index >= 15 is 0 Å². The highest BCUT2D eigenvalue weighted by atomic mass is 32.2. The summed E-state index contributed by atoms with van der Waals surface area (Å²) in [5.74, 6) is -0.867. The molecule has 2 aliphatic heterocycles. The molecule has 2 rings (SSSR count). The zero-order chi connectivity index (χ0) is 13.1. The Morgan fingerprint density at radius 2 is 2.33 bits per heavy atom. The van der Waals surface area contributed by atoms with Gasteiger partial charge in [0, 0.05) is 13.0 Å². The summed E-state index contributed by atoms with van der Waals surface area (Å²) in [6.45, 7) is 0.443. The van der Waals surface area contributed by atoms with E-state index in [4.69, 9.17) is 17.3 Å². The molecule has 0 aromatic heterocycles. The van der Waals surface area contributed by atoms with Crippen molar-refractivity contribution in [3.63, 3.8) is 0 Å². The smallest absolute Gasteiger partial charge is 0.303 e. The van der Waals surface area contributed by atoms with Gasteiger partial charge in [-0.25, -0.2) is 4.99 Å². The van der Waals surface area contributed by atoms with Crippen LogP contribution < -0.4 is 0 Å². The lowest BCUT2D eigenvalue weighted by molar-refractivity contribution is -0.137. The number of thioether (sulfide) groups is 1. The van der Waals surface area contributed by atoms with E-state index < -0.39 is 5.97 Å². The number of nitrogens with zero attached hydrogens (tertiary/aromatic N) is 2. The monoisotopic (exact) mass is 284 g/mol. The first kappa shape index (κ1) is 13.2. The Labute approximate surface area is 114 Å². The number of carboxylic acids is 1. The van der Waals surface area contributed by atoms with E-state index in [1.54, 1.807) is 6.08 Å². The second kappa shape index (κ2) is 5.62. The lowest BCUT2D eigenvalue weighted by Crippen LogP contribution is -2.47. The van der Waals surface area contributed by atoms with Crippen LogP contribution in [-0.2, 0) is 9.59 Å². The van der Waals surface area contributed by atoms with Crippen molar-refractivity contribution in [3.8, 4) is 0 Å². The maximum absolute atomic E-state index is 12.1. The average molecular weight is 284 g/mol. The van der Waals surface area contributed by atoms with Gasteiger partial charge in [0.2, 0.25) is 11.0 Å². The third kappa shape index (κ3) is 2.78. The number of allylic oxidation sites excluding steroid dienone is 1. The maximum Gasteiger partial charge on any atom is 0.303 e. The number of thiocarbonyl (C=S) groups is 1. The van der Waals surface area contributed by atoms with E-state index in [0.717, 1.165) is 5.71 Å². The Hall–Kier alpha value is -1.21. The van der Waals surface area contributed by atoms with Crippen molar-refractivity contribution >= 4 is 46.7 Å². The molecule has 0 aromatic rings. The fraction of sp³-hybridized carbons (Fsp3) is 0.455. The summed E-state index contributed by atoms with van der Waals surface area (Å²) in [6, 6.07) is 0. The first-order valence-electron chi connectivity index (χ1n) is 5.57. The normalized spacial score (nSPS) is 22.1. The number of aliphatic imine (C=N–C) groups is 1. The van der Waals surface area contributed by atoms with Gasteiger partial charge in [0.15, 0.2) is 0 Å². The first-order chi connectivity index (χ1) is 8.59. The van der Waals surface area contributed by atoms with Gasteiger partial charge >= 0.3 is 5.97 Å². The molecule has 0 bridgehead atoms. The molecule has 1 N–H and O–H groups in total. The molecule has 2 heterocycles. The molecule has 1 amide bonds. The second-order valence-corrected chi connectivity index (χ2v) is 5.36. The lowest BCUT2D eigenvalue weighted by atomic mass is 10.2. The molecule has 1 unspecified atom stereocenters. The number of rotatable bonds is 5. The number of unbranched alkanes of at least 4 members (excludes halogenated alkanes) is 1. The largest absolute Gasteiger partial charge is 0.481 e. The van der Waals surface area contributed by atoms with Gasteiger partial charge in [0.05, 0.1) is 5.71 Å². The van der Waals surface area contributed by atoms with E-state index in [2.05, 4.69) is 4.99 Å². The van der Waals surface area contributed by atoms with Crippen LogP contribution in [0.1, 0.15) is 19.3 Å². The summed E-state index contributed by atoms with van der Waals surface area (Å²) in [5, 5.41) is 10.4. The van der Waals surface area contributed by atoms with Gasteiger partial charge in [-0.2, -0.15) is 0 Å². The molecule has 0 fully saturated rings. The van der Waals surface area contributed by atoms with Crippen molar-refractivity contribution in [2.75, 3.05) is 6.54 Å². The second-order valence-electron chi connectivity index (χ2n) is 3.98. The summed E-state index contributed by atoms with van der Waals surface area (Å²) in [6.07, 6.45) is 3.08. The third-order valence-electron chi connectivity index (χ3n) is 2.69. The Morgan fingerprint density at radius 3 is 3.06 bits per heavy atom. The third-order valence-corrected chi connectivity index (χ3v) is 4.01. The number of carbonyl (C=O) groups excluding carboxylic acids is 1. The van der Waals surface area contributed by atoms with Crippen LogP contribution in [0, 0.1) is 0 Å². The van der Waals surface area contributed by atoms with Crippen molar-refractivity contribution in [3.05, 3.63) is 11.5 Å². The van der Waals surface area contributed by atoms with Crippen molar-refractivity contribution in [1.29, 1.82) is 0 Å². The number of hydrogen-bond acceptors (Lipinski definition) is 4. The van der Waals surface area contributed by atoms with E-state index in [1.807, 2.05) is 5.41 Å². The predicted molar refractivity (Wildman–Crippen MR) is 73.8 cm³/mol. The first-order valence-corrected chi connectivity index (χ1v) is 6.92. The Balaban J connectivity index is 1.92. The predicted octanol–water partition coefficient (Wildman–Crippen LogP) is 1.44. The lowest BCUT2D eigenvalue weighted by Gasteiger charge is -2.28. The summed E-state index contributed by atoms with van der Waals surface area (Å²) in [5.41, 5.74) is 0.719. The number of amides is 1. The van der Waals surface area contributed by atoms with Gasteiger partial charge in [-0.1, -0.05) is 0 Å². The van der Waals surface area contributed by atoms with Crippen molar-refractivity contribution in [2.24, 2.45) is 4.99 Å².